The molecule has 0 spiro atoms. The maximum Gasteiger partial charge on any atom is 0.303 e. The second kappa shape index (κ2) is 9.96. The van der Waals surface area contributed by atoms with Gasteiger partial charge in [0.2, 0.25) is 5.91 Å². The second-order valence-electron chi connectivity index (χ2n) is 7.49. The number of fused-ring (bicyclic) bond motifs is 1. The number of carboxylic acids is 1. The van der Waals surface area contributed by atoms with E-state index in [0.29, 0.717) is 22.0 Å². The third-order valence-corrected chi connectivity index (χ3v) is 6.90. The van der Waals surface area contributed by atoms with Gasteiger partial charge in [0.1, 0.15) is 10.9 Å². The zero-order valence-corrected chi connectivity index (χ0v) is 20.0. The Morgan fingerprint density at radius 3 is 2.44 bits per heavy atom. The number of nitrogens with zero attached hydrogens (tertiary/aromatic N) is 2. The Balaban J connectivity index is 1.58. The number of hydrogen-bond acceptors (Lipinski definition) is 6. The fraction of sp³-hybridized carbons (Fsp3) is 0.174. The number of hydrogen-bond donors (Lipinski definition) is 2. The van der Waals surface area contributed by atoms with Crippen molar-refractivity contribution in [3.8, 4) is 0 Å². The van der Waals surface area contributed by atoms with Crippen LogP contribution in [0, 0.1) is 0 Å². The molecule has 2 aliphatic rings. The van der Waals surface area contributed by atoms with Crippen molar-refractivity contribution in [2.24, 2.45) is 0 Å². The molecule has 2 N–H and O–H groups in total. The fourth-order valence-electron chi connectivity index (χ4n) is 3.66. The first-order chi connectivity index (χ1) is 16.3. The van der Waals surface area contributed by atoms with Gasteiger partial charge < -0.3 is 10.4 Å². The van der Waals surface area contributed by atoms with Crippen LogP contribution in [0.1, 0.15) is 18.4 Å². The first kappa shape index (κ1) is 23.9. The highest BCUT2D eigenvalue weighted by Crippen LogP contribution is 2.44. The summed E-state index contributed by atoms with van der Waals surface area (Å²) in [6, 6.07) is 13.5. The molecular weight excluding hydrogens is 498 g/mol. The highest BCUT2D eigenvalue weighted by molar-refractivity contribution is 8.26. The smallest absolute Gasteiger partial charge is 0.303 e. The van der Waals surface area contributed by atoms with Gasteiger partial charge in [0.15, 0.2) is 0 Å². The van der Waals surface area contributed by atoms with Gasteiger partial charge in [-0.25, -0.2) is 0 Å². The SMILES string of the molecule is O=C(O)CCCN1C(=O)/C(=C2/C(=O)N(CC(=O)Nc3ccc(Cl)cc3)c3ccccc32)SC1=S. The predicted molar refractivity (Wildman–Crippen MR) is 135 cm³/mol. The van der Waals surface area contributed by atoms with Crippen molar-refractivity contribution in [1.29, 1.82) is 0 Å². The Bertz CT molecular complexity index is 1250. The number of rotatable bonds is 7. The highest BCUT2D eigenvalue weighted by Gasteiger charge is 2.42. The highest BCUT2D eigenvalue weighted by atomic mass is 35.5. The van der Waals surface area contributed by atoms with Gasteiger partial charge in [0, 0.05) is 29.2 Å². The van der Waals surface area contributed by atoms with E-state index in [0.717, 1.165) is 11.8 Å². The summed E-state index contributed by atoms with van der Waals surface area (Å²) in [6.07, 6.45) is 0.146. The monoisotopic (exact) mass is 515 g/mol. The average molecular weight is 516 g/mol. The van der Waals surface area contributed by atoms with E-state index in [4.69, 9.17) is 28.9 Å². The lowest BCUT2D eigenvalue weighted by Crippen LogP contribution is -2.35. The van der Waals surface area contributed by atoms with Crippen LogP contribution in [0.15, 0.2) is 53.4 Å². The molecular formula is C23H18ClN3O5S2. The number of thiocarbonyl (C=S) groups is 1. The summed E-state index contributed by atoms with van der Waals surface area (Å²) in [7, 11) is 0. The lowest BCUT2D eigenvalue weighted by Gasteiger charge is -2.17. The predicted octanol–water partition coefficient (Wildman–Crippen LogP) is 3.76. The molecule has 1 fully saturated rings. The van der Waals surface area contributed by atoms with Gasteiger partial charge in [-0.3, -0.25) is 29.0 Å². The normalized spacial score (nSPS) is 17.4. The molecule has 0 unspecified atom stereocenters. The Hall–Kier alpha value is -3.21. The molecule has 2 aliphatic heterocycles. The number of thioether (sulfide) groups is 1. The van der Waals surface area contributed by atoms with Crippen LogP contribution in [0.3, 0.4) is 0 Å². The summed E-state index contributed by atoms with van der Waals surface area (Å²) >= 11 is 12.2. The van der Waals surface area contributed by atoms with Gasteiger partial charge in [-0.1, -0.05) is 53.8 Å². The largest absolute Gasteiger partial charge is 0.481 e. The summed E-state index contributed by atoms with van der Waals surface area (Å²) in [5.41, 5.74) is 1.78. The Kier molecular flexibility index (Phi) is 7.01. The quantitative estimate of drug-likeness (QED) is 0.427. The van der Waals surface area contributed by atoms with E-state index in [1.807, 2.05) is 0 Å². The Morgan fingerprint density at radius 2 is 1.74 bits per heavy atom. The van der Waals surface area contributed by atoms with Crippen molar-refractivity contribution in [2.45, 2.75) is 12.8 Å². The second-order valence-corrected chi connectivity index (χ2v) is 9.57. The van der Waals surface area contributed by atoms with Gasteiger partial charge in [0.25, 0.3) is 11.8 Å². The van der Waals surface area contributed by atoms with E-state index < -0.39 is 23.7 Å². The molecule has 4 rings (SSSR count). The van der Waals surface area contributed by atoms with Crippen LogP contribution in [0.4, 0.5) is 11.4 Å². The molecule has 11 heteroatoms. The van der Waals surface area contributed by atoms with Gasteiger partial charge in [0.05, 0.1) is 16.2 Å². The van der Waals surface area contributed by atoms with E-state index >= 15 is 0 Å². The van der Waals surface area contributed by atoms with Gasteiger partial charge in [-0.15, -0.1) is 0 Å². The van der Waals surface area contributed by atoms with Crippen LogP contribution < -0.4 is 10.2 Å². The number of halogens is 1. The molecule has 0 aliphatic carbocycles. The van der Waals surface area contributed by atoms with Crippen molar-refractivity contribution in [3.05, 3.63) is 64.0 Å². The van der Waals surface area contributed by atoms with Crippen LogP contribution in [-0.2, 0) is 19.2 Å². The maximum absolute atomic E-state index is 13.4. The van der Waals surface area contributed by atoms with Crippen molar-refractivity contribution < 1.29 is 24.3 Å². The van der Waals surface area contributed by atoms with E-state index in [-0.39, 0.29) is 40.7 Å². The third-order valence-electron chi connectivity index (χ3n) is 5.20. The number of para-hydroxylation sites is 1. The zero-order valence-electron chi connectivity index (χ0n) is 17.6. The molecule has 1 saturated heterocycles. The van der Waals surface area contributed by atoms with Crippen LogP contribution >= 0.6 is 35.6 Å². The molecule has 0 aromatic heterocycles. The minimum absolute atomic E-state index is 0.0960. The van der Waals surface area contributed by atoms with Gasteiger partial charge >= 0.3 is 5.97 Å². The molecule has 0 saturated carbocycles. The topological polar surface area (TPSA) is 107 Å². The van der Waals surface area contributed by atoms with E-state index in [1.54, 1.807) is 48.5 Å². The van der Waals surface area contributed by atoms with E-state index in [9.17, 15) is 19.2 Å². The fourth-order valence-corrected chi connectivity index (χ4v) is 5.17. The number of amides is 3. The van der Waals surface area contributed by atoms with Crippen LogP contribution in [0.25, 0.3) is 5.57 Å². The number of aliphatic carboxylic acids is 1. The minimum Gasteiger partial charge on any atom is -0.481 e. The summed E-state index contributed by atoms with van der Waals surface area (Å²) in [6.45, 7) is -0.0995. The summed E-state index contributed by atoms with van der Waals surface area (Å²) < 4.78 is 0.266. The molecule has 8 nitrogen and oxygen atoms in total. The summed E-state index contributed by atoms with van der Waals surface area (Å²) in [4.78, 5) is 52.8. The Morgan fingerprint density at radius 1 is 1.03 bits per heavy atom. The van der Waals surface area contributed by atoms with Crippen molar-refractivity contribution in [1.82, 2.24) is 4.90 Å². The minimum atomic E-state index is -0.962. The molecule has 3 amide bonds. The molecule has 2 aromatic rings. The standard InChI is InChI=1S/C23H18ClN3O5S2/c24-13-7-9-14(10-8-13)25-17(28)12-27-16-5-2-1-4-15(16)19(21(27)31)20-22(32)26(23(33)34-20)11-3-6-18(29)30/h1-2,4-5,7-10H,3,6,11-12H2,(H,25,28)(H,29,30)/b20-19-. The number of carbonyl (C=O) groups is 4. The zero-order chi connectivity index (χ0) is 24.4. The molecule has 2 aromatic carbocycles. The number of nitrogens with one attached hydrogen (secondary N) is 1. The van der Waals surface area contributed by atoms with Crippen molar-refractivity contribution >= 4 is 80.5 Å². The molecule has 2 heterocycles. The Labute approximate surface area is 209 Å². The molecule has 0 radical (unpaired) electrons. The van der Waals surface area contributed by atoms with Crippen LogP contribution in [0.2, 0.25) is 5.02 Å². The maximum atomic E-state index is 13.4. The first-order valence-corrected chi connectivity index (χ1v) is 11.8. The van der Waals surface area contributed by atoms with Crippen molar-refractivity contribution in [3.63, 3.8) is 0 Å². The summed E-state index contributed by atoms with van der Waals surface area (Å²) in [5.74, 6) is -2.28. The third kappa shape index (κ3) is 4.84. The molecule has 174 valence electrons. The number of carbonyl (C=O) groups excluding carboxylic acids is 3. The lowest BCUT2D eigenvalue weighted by molar-refractivity contribution is -0.137. The van der Waals surface area contributed by atoms with E-state index in [1.165, 1.54) is 9.80 Å². The van der Waals surface area contributed by atoms with Gasteiger partial charge in [-0.05, 0) is 36.8 Å². The van der Waals surface area contributed by atoms with Crippen molar-refractivity contribution in [2.75, 3.05) is 23.3 Å². The molecule has 0 bridgehead atoms. The first-order valence-electron chi connectivity index (χ1n) is 10.2. The van der Waals surface area contributed by atoms with Crippen LogP contribution in [-0.4, -0.2) is 51.1 Å². The number of anilines is 2. The molecule has 0 atom stereocenters. The summed E-state index contributed by atoms with van der Waals surface area (Å²) in [5, 5.41) is 12.1. The lowest BCUT2D eigenvalue weighted by atomic mass is 10.1. The number of benzene rings is 2. The van der Waals surface area contributed by atoms with Crippen LogP contribution in [0.5, 0.6) is 0 Å². The van der Waals surface area contributed by atoms with E-state index in [2.05, 4.69) is 5.32 Å². The van der Waals surface area contributed by atoms with Gasteiger partial charge in [-0.2, -0.15) is 0 Å². The molecule has 34 heavy (non-hydrogen) atoms. The number of carboxylic acid groups (broad SMARTS) is 1. The average Bonchev–Trinajstić information content (AvgIpc) is 3.22.